The second-order valence-corrected chi connectivity index (χ2v) is 5.69. The van der Waals surface area contributed by atoms with Crippen molar-refractivity contribution in [3.8, 4) is 23.0 Å². The van der Waals surface area contributed by atoms with E-state index in [4.69, 9.17) is 14.0 Å². The van der Waals surface area contributed by atoms with Crippen LogP contribution in [0.15, 0.2) is 53.1 Å². The molecule has 0 saturated heterocycles. The maximum absolute atomic E-state index is 12.3. The van der Waals surface area contributed by atoms with Gasteiger partial charge < -0.3 is 14.0 Å². The summed E-state index contributed by atoms with van der Waals surface area (Å²) in [6.45, 7) is 3.62. The predicted octanol–water partition coefficient (Wildman–Crippen LogP) is 3.46. The Morgan fingerprint density at radius 1 is 1.12 bits per heavy atom. The van der Waals surface area contributed by atoms with Crippen molar-refractivity contribution >= 4 is 11.9 Å². The number of carbonyl (C=O) groups excluding carboxylic acids is 1. The van der Waals surface area contributed by atoms with Gasteiger partial charge in [-0.3, -0.25) is 10.1 Å². The number of aryl methyl sites for hydroxylation is 1. The lowest BCUT2D eigenvalue weighted by molar-refractivity contribution is -0.122. The lowest BCUT2D eigenvalue weighted by Gasteiger charge is -2.15. The standard InChI is InChI=1S/C19H19N3O4/c1-12-8-10-14(11-9-12)18-21-19(22-26-18)20-17(23)13(2)25-16-7-5-4-6-15(16)24-3/h4-11,13H,1-3H3,(H,20,22,23)/t13-/m0/s1. The SMILES string of the molecule is COc1ccccc1O[C@@H](C)C(=O)Nc1noc(-c2ccc(C)cc2)n1. The Kier molecular flexibility index (Phi) is 5.17. The van der Waals surface area contributed by atoms with E-state index in [9.17, 15) is 4.79 Å². The first-order valence-electron chi connectivity index (χ1n) is 8.08. The van der Waals surface area contributed by atoms with Crippen molar-refractivity contribution in [2.24, 2.45) is 0 Å². The van der Waals surface area contributed by atoms with Crippen LogP contribution < -0.4 is 14.8 Å². The van der Waals surface area contributed by atoms with Crippen LogP contribution >= 0.6 is 0 Å². The lowest BCUT2D eigenvalue weighted by Crippen LogP contribution is -2.30. The Morgan fingerprint density at radius 2 is 1.81 bits per heavy atom. The first-order valence-corrected chi connectivity index (χ1v) is 8.08. The molecule has 0 aliphatic heterocycles. The minimum absolute atomic E-state index is 0.0843. The number of hydrogen-bond acceptors (Lipinski definition) is 6. The van der Waals surface area contributed by atoms with E-state index in [1.54, 1.807) is 32.2 Å². The zero-order chi connectivity index (χ0) is 18.5. The van der Waals surface area contributed by atoms with E-state index in [1.807, 2.05) is 37.3 Å². The largest absolute Gasteiger partial charge is 0.493 e. The van der Waals surface area contributed by atoms with Crippen LogP contribution in [0.25, 0.3) is 11.5 Å². The van der Waals surface area contributed by atoms with E-state index >= 15 is 0 Å². The van der Waals surface area contributed by atoms with Gasteiger partial charge in [-0.2, -0.15) is 4.98 Å². The highest BCUT2D eigenvalue weighted by Crippen LogP contribution is 2.27. The Hall–Kier alpha value is -3.35. The number of hydrogen-bond donors (Lipinski definition) is 1. The van der Waals surface area contributed by atoms with Crippen LogP contribution in [0.4, 0.5) is 5.95 Å². The van der Waals surface area contributed by atoms with Gasteiger partial charge >= 0.3 is 0 Å². The average Bonchev–Trinajstić information content (AvgIpc) is 3.11. The number of rotatable bonds is 6. The number of aromatic nitrogens is 2. The summed E-state index contributed by atoms with van der Waals surface area (Å²) >= 11 is 0. The summed E-state index contributed by atoms with van der Waals surface area (Å²) in [5.74, 6) is 1.05. The molecule has 0 aliphatic rings. The van der Waals surface area contributed by atoms with Crippen molar-refractivity contribution in [2.45, 2.75) is 20.0 Å². The summed E-state index contributed by atoms with van der Waals surface area (Å²) in [6.07, 6.45) is -0.771. The fourth-order valence-electron chi connectivity index (χ4n) is 2.26. The molecule has 134 valence electrons. The summed E-state index contributed by atoms with van der Waals surface area (Å²) in [5.41, 5.74) is 1.91. The Bertz CT molecular complexity index is 890. The third-order valence-electron chi connectivity index (χ3n) is 3.70. The van der Waals surface area contributed by atoms with Crippen molar-refractivity contribution in [2.75, 3.05) is 12.4 Å². The number of methoxy groups -OCH3 is 1. The fourth-order valence-corrected chi connectivity index (χ4v) is 2.26. The van der Waals surface area contributed by atoms with Crippen molar-refractivity contribution in [1.29, 1.82) is 0 Å². The molecule has 0 bridgehead atoms. The monoisotopic (exact) mass is 353 g/mol. The van der Waals surface area contributed by atoms with Gasteiger partial charge in [-0.25, -0.2) is 0 Å². The molecule has 7 heteroatoms. The highest BCUT2D eigenvalue weighted by molar-refractivity contribution is 5.92. The molecule has 0 spiro atoms. The molecule has 2 aromatic carbocycles. The molecule has 0 radical (unpaired) electrons. The number of nitrogens with zero attached hydrogens (tertiary/aromatic N) is 2. The van der Waals surface area contributed by atoms with Crippen molar-refractivity contribution in [1.82, 2.24) is 10.1 Å². The van der Waals surface area contributed by atoms with E-state index in [1.165, 1.54) is 0 Å². The summed E-state index contributed by atoms with van der Waals surface area (Å²) < 4.78 is 16.0. The fraction of sp³-hybridized carbons (Fsp3) is 0.211. The van der Waals surface area contributed by atoms with Crippen LogP contribution in [0.5, 0.6) is 11.5 Å². The zero-order valence-corrected chi connectivity index (χ0v) is 14.7. The first-order chi connectivity index (χ1) is 12.6. The van der Waals surface area contributed by atoms with Crippen LogP contribution in [-0.4, -0.2) is 29.3 Å². The third-order valence-corrected chi connectivity index (χ3v) is 3.70. The minimum atomic E-state index is -0.771. The minimum Gasteiger partial charge on any atom is -0.493 e. The first kappa shape index (κ1) is 17.5. The molecule has 3 aromatic rings. The third kappa shape index (κ3) is 4.00. The molecular weight excluding hydrogens is 334 g/mol. The van der Waals surface area contributed by atoms with E-state index in [-0.39, 0.29) is 5.95 Å². The van der Waals surface area contributed by atoms with Crippen LogP contribution in [0.2, 0.25) is 0 Å². The van der Waals surface area contributed by atoms with Gasteiger partial charge in [-0.05, 0) is 43.3 Å². The summed E-state index contributed by atoms with van der Waals surface area (Å²) in [7, 11) is 1.54. The second kappa shape index (κ2) is 7.69. The molecule has 1 aromatic heterocycles. The lowest BCUT2D eigenvalue weighted by atomic mass is 10.1. The quantitative estimate of drug-likeness (QED) is 0.730. The molecule has 1 amide bonds. The van der Waals surface area contributed by atoms with Crippen molar-refractivity contribution < 1.29 is 18.8 Å². The van der Waals surface area contributed by atoms with E-state index in [0.29, 0.717) is 17.4 Å². The van der Waals surface area contributed by atoms with Crippen molar-refractivity contribution in [3.63, 3.8) is 0 Å². The molecule has 7 nitrogen and oxygen atoms in total. The molecule has 0 saturated carbocycles. The highest BCUT2D eigenvalue weighted by atomic mass is 16.5. The molecule has 1 heterocycles. The van der Waals surface area contributed by atoms with Gasteiger partial charge in [0, 0.05) is 5.56 Å². The molecule has 3 rings (SSSR count). The molecule has 1 atom stereocenters. The number of para-hydroxylation sites is 2. The number of nitrogens with one attached hydrogen (secondary N) is 1. The predicted molar refractivity (Wildman–Crippen MR) is 96.2 cm³/mol. The van der Waals surface area contributed by atoms with E-state index in [2.05, 4.69) is 15.5 Å². The number of anilines is 1. The average molecular weight is 353 g/mol. The molecule has 1 N–H and O–H groups in total. The summed E-state index contributed by atoms with van der Waals surface area (Å²) in [6, 6.07) is 14.8. The zero-order valence-electron chi connectivity index (χ0n) is 14.7. The summed E-state index contributed by atoms with van der Waals surface area (Å²) in [4.78, 5) is 16.5. The molecule has 0 fully saturated rings. The van der Waals surface area contributed by atoms with Gasteiger partial charge in [0.1, 0.15) is 0 Å². The van der Waals surface area contributed by atoms with Crippen LogP contribution in [0.1, 0.15) is 12.5 Å². The normalized spacial score (nSPS) is 11.7. The number of ether oxygens (including phenoxy) is 2. The highest BCUT2D eigenvalue weighted by Gasteiger charge is 2.19. The Balaban J connectivity index is 1.65. The molecule has 0 unspecified atom stereocenters. The maximum Gasteiger partial charge on any atom is 0.270 e. The van der Waals surface area contributed by atoms with Gasteiger partial charge in [0.25, 0.3) is 17.7 Å². The molecular formula is C19H19N3O4. The number of amides is 1. The van der Waals surface area contributed by atoms with Crippen molar-refractivity contribution in [3.05, 3.63) is 54.1 Å². The number of benzene rings is 2. The van der Waals surface area contributed by atoms with Crippen LogP contribution in [0, 0.1) is 6.92 Å². The number of carbonyl (C=O) groups is 1. The smallest absolute Gasteiger partial charge is 0.270 e. The van der Waals surface area contributed by atoms with Crippen LogP contribution in [0.3, 0.4) is 0 Å². The van der Waals surface area contributed by atoms with Gasteiger partial charge in [0.2, 0.25) is 0 Å². The van der Waals surface area contributed by atoms with Gasteiger partial charge in [0.15, 0.2) is 17.6 Å². The second-order valence-electron chi connectivity index (χ2n) is 5.69. The van der Waals surface area contributed by atoms with E-state index in [0.717, 1.165) is 11.1 Å². The van der Waals surface area contributed by atoms with Gasteiger partial charge in [-0.1, -0.05) is 29.8 Å². The Labute approximate surface area is 150 Å². The topological polar surface area (TPSA) is 86.5 Å². The van der Waals surface area contributed by atoms with Gasteiger partial charge in [0.05, 0.1) is 7.11 Å². The summed E-state index contributed by atoms with van der Waals surface area (Å²) in [5, 5.41) is 6.36. The Morgan fingerprint density at radius 3 is 2.50 bits per heavy atom. The maximum atomic E-state index is 12.3. The van der Waals surface area contributed by atoms with E-state index < -0.39 is 12.0 Å². The molecule has 0 aliphatic carbocycles. The molecule has 26 heavy (non-hydrogen) atoms. The van der Waals surface area contributed by atoms with Gasteiger partial charge in [-0.15, -0.1) is 0 Å². The van der Waals surface area contributed by atoms with Crippen LogP contribution in [-0.2, 0) is 4.79 Å².